The van der Waals surface area contributed by atoms with Gasteiger partial charge in [0.1, 0.15) is 0 Å². The topological polar surface area (TPSA) is 15.8 Å². The van der Waals surface area contributed by atoms with Crippen molar-refractivity contribution in [2.24, 2.45) is 0 Å². The molecule has 0 aliphatic heterocycles. The molecular weight excluding hydrogens is 335 g/mol. The predicted octanol–water partition coefficient (Wildman–Crippen LogP) is -0.0232. The van der Waals surface area contributed by atoms with E-state index in [9.17, 15) is 0 Å². The van der Waals surface area contributed by atoms with Crippen LogP contribution >= 0.6 is 0 Å². The molecule has 1 aromatic heterocycles. The fourth-order valence-corrected chi connectivity index (χ4v) is 2.20. The summed E-state index contributed by atoms with van der Waals surface area (Å²) in [7, 11) is 4.49. The van der Waals surface area contributed by atoms with Gasteiger partial charge in [-0.2, -0.15) is 0 Å². The lowest BCUT2D eigenvalue weighted by Crippen LogP contribution is -3.00. The Balaban J connectivity index is 0.00000162. The average Bonchev–Trinajstić information content (AvgIpc) is 2.70. The van der Waals surface area contributed by atoms with E-state index in [0.29, 0.717) is 0 Å². The van der Waals surface area contributed by atoms with E-state index in [0.717, 1.165) is 24.0 Å². The number of aromatic nitrogens is 1. The highest BCUT2D eigenvalue weighted by Gasteiger charge is 2.13. The summed E-state index contributed by atoms with van der Waals surface area (Å²) in [5.41, 5.74) is 2.65. The maximum atomic E-state index is 3.82. The first kappa shape index (κ1) is 15.2. The summed E-state index contributed by atoms with van der Waals surface area (Å²) in [6, 6.07) is 8.49. The fourth-order valence-electron chi connectivity index (χ4n) is 2.20. The largest absolute Gasteiger partial charge is 1.00 e. The molecule has 1 N–H and O–H groups in total. The summed E-state index contributed by atoms with van der Waals surface area (Å²) in [6.45, 7) is 5.97. The molecule has 1 heterocycles. The van der Waals surface area contributed by atoms with Gasteiger partial charge >= 0.3 is 0 Å². The number of nitrogens with one attached hydrogen (secondary N) is 1. The van der Waals surface area contributed by atoms with Crippen molar-refractivity contribution in [2.75, 3.05) is 27.2 Å². The third-order valence-corrected chi connectivity index (χ3v) is 3.28. The second-order valence-corrected chi connectivity index (χ2v) is 5.24. The van der Waals surface area contributed by atoms with Crippen molar-refractivity contribution in [3.05, 3.63) is 48.7 Å². The molecule has 0 aliphatic rings. The number of hydrogen-bond acceptors (Lipinski definition) is 0. The lowest BCUT2D eigenvalue weighted by Gasteiger charge is -2.28. The molecule has 2 nitrogen and oxygen atoms in total. The third-order valence-electron chi connectivity index (χ3n) is 3.28. The first-order valence-corrected chi connectivity index (χ1v) is 6.10. The van der Waals surface area contributed by atoms with Crippen molar-refractivity contribution in [3.8, 4) is 0 Å². The highest BCUT2D eigenvalue weighted by Crippen LogP contribution is 2.18. The van der Waals surface area contributed by atoms with Crippen molar-refractivity contribution in [2.45, 2.75) is 6.42 Å². The second kappa shape index (κ2) is 6.38. The molecule has 0 saturated heterocycles. The zero-order valence-corrected chi connectivity index (χ0v) is 13.3. The van der Waals surface area contributed by atoms with Gasteiger partial charge in [0.25, 0.3) is 0 Å². The smallest absolute Gasteiger partial charge is 0.0967 e. The minimum Gasteiger partial charge on any atom is -1.00 e. The minimum atomic E-state index is 0. The number of likely N-dealkylation sites (N-methyl/N-ethyl adjacent to an activating group) is 1. The molecule has 0 unspecified atom stereocenters. The van der Waals surface area contributed by atoms with Gasteiger partial charge in [-0.25, -0.2) is 0 Å². The van der Waals surface area contributed by atoms with E-state index in [1.165, 1.54) is 16.5 Å². The molecular formula is C15H21IN2. The number of halogens is 1. The van der Waals surface area contributed by atoms with Gasteiger partial charge in [-0.05, 0) is 17.7 Å². The van der Waals surface area contributed by atoms with Crippen molar-refractivity contribution < 1.29 is 28.5 Å². The fraction of sp³-hybridized carbons (Fsp3) is 0.333. The Hall–Kier alpha value is -0.810. The third kappa shape index (κ3) is 3.59. The number of quaternary nitrogens is 1. The van der Waals surface area contributed by atoms with Gasteiger partial charge in [-0.3, -0.25) is 0 Å². The number of rotatable bonds is 5. The molecule has 0 spiro atoms. The SMILES string of the molecule is C=CC[N+](C)(C)CCc1c[nH]c2ccccc12.[I-]. The molecule has 0 atom stereocenters. The number of aromatic amines is 1. The van der Waals surface area contributed by atoms with Gasteiger partial charge in [-0.1, -0.05) is 24.8 Å². The normalized spacial score (nSPS) is 11.2. The molecule has 1 aromatic carbocycles. The summed E-state index contributed by atoms with van der Waals surface area (Å²) in [6.07, 6.45) is 5.23. The molecule has 0 fully saturated rings. The molecule has 0 bridgehead atoms. The van der Waals surface area contributed by atoms with Crippen molar-refractivity contribution in [1.29, 1.82) is 0 Å². The van der Waals surface area contributed by atoms with Crippen LogP contribution < -0.4 is 24.0 Å². The summed E-state index contributed by atoms with van der Waals surface area (Å²) in [5, 5.41) is 1.35. The van der Waals surface area contributed by atoms with Gasteiger partial charge in [0.2, 0.25) is 0 Å². The molecule has 0 saturated carbocycles. The van der Waals surface area contributed by atoms with E-state index in [-0.39, 0.29) is 24.0 Å². The van der Waals surface area contributed by atoms with E-state index >= 15 is 0 Å². The Labute approximate surface area is 126 Å². The molecule has 2 aromatic rings. The van der Waals surface area contributed by atoms with Gasteiger partial charge < -0.3 is 33.4 Å². The van der Waals surface area contributed by atoms with Gasteiger partial charge in [-0.15, -0.1) is 0 Å². The van der Waals surface area contributed by atoms with E-state index in [1.807, 2.05) is 6.08 Å². The van der Waals surface area contributed by atoms with Crippen LogP contribution in [0.25, 0.3) is 10.9 Å². The van der Waals surface area contributed by atoms with E-state index in [4.69, 9.17) is 0 Å². The monoisotopic (exact) mass is 356 g/mol. The first-order valence-electron chi connectivity index (χ1n) is 6.10. The van der Waals surface area contributed by atoms with Crippen LogP contribution in [0.1, 0.15) is 5.56 Å². The second-order valence-electron chi connectivity index (χ2n) is 5.24. The van der Waals surface area contributed by atoms with E-state index in [2.05, 4.69) is 56.1 Å². The molecule has 0 amide bonds. The number of benzene rings is 1. The molecule has 98 valence electrons. The van der Waals surface area contributed by atoms with Gasteiger partial charge in [0, 0.05) is 23.5 Å². The Morgan fingerprint density at radius 3 is 2.72 bits per heavy atom. The lowest BCUT2D eigenvalue weighted by atomic mass is 10.1. The van der Waals surface area contributed by atoms with Crippen LogP contribution in [0.3, 0.4) is 0 Å². The molecule has 0 radical (unpaired) electrons. The number of H-pyrrole nitrogens is 1. The average molecular weight is 356 g/mol. The highest BCUT2D eigenvalue weighted by atomic mass is 127. The van der Waals surface area contributed by atoms with Crippen LogP contribution in [-0.2, 0) is 6.42 Å². The standard InChI is InChI=1S/C15H21N2.HI/c1-4-10-17(2,3)11-9-13-12-16-15-8-6-5-7-14(13)15;/h4-8,12,16H,1,9-11H2,2-3H3;1H/q+1;/p-1. The van der Waals surface area contributed by atoms with Gasteiger partial charge in [0.05, 0.1) is 27.2 Å². The van der Waals surface area contributed by atoms with Crippen molar-refractivity contribution >= 4 is 10.9 Å². The van der Waals surface area contributed by atoms with E-state index < -0.39 is 0 Å². The predicted molar refractivity (Wildman–Crippen MR) is 74.0 cm³/mol. The summed E-state index contributed by atoms with van der Waals surface area (Å²) in [4.78, 5) is 3.33. The number of nitrogens with zero attached hydrogens (tertiary/aromatic N) is 1. The number of fused-ring (bicyclic) bond motifs is 1. The Kier molecular flexibility index (Phi) is 5.41. The van der Waals surface area contributed by atoms with Crippen LogP contribution in [0.2, 0.25) is 0 Å². The Morgan fingerprint density at radius 1 is 1.28 bits per heavy atom. The Morgan fingerprint density at radius 2 is 2.00 bits per heavy atom. The van der Waals surface area contributed by atoms with Crippen LogP contribution in [0.15, 0.2) is 43.1 Å². The molecule has 0 aliphatic carbocycles. The molecule has 2 rings (SSSR count). The Bertz CT molecular complexity index is 514. The summed E-state index contributed by atoms with van der Waals surface area (Å²) < 4.78 is 0.989. The number of para-hydroxylation sites is 1. The van der Waals surface area contributed by atoms with Crippen LogP contribution in [0.5, 0.6) is 0 Å². The lowest BCUT2D eigenvalue weighted by molar-refractivity contribution is -0.884. The maximum absolute atomic E-state index is 3.82. The first-order chi connectivity index (χ1) is 8.12. The van der Waals surface area contributed by atoms with Crippen LogP contribution in [0, 0.1) is 0 Å². The number of hydrogen-bond donors (Lipinski definition) is 1. The zero-order valence-electron chi connectivity index (χ0n) is 11.1. The van der Waals surface area contributed by atoms with Crippen LogP contribution in [-0.4, -0.2) is 36.7 Å². The van der Waals surface area contributed by atoms with Crippen molar-refractivity contribution in [3.63, 3.8) is 0 Å². The highest BCUT2D eigenvalue weighted by molar-refractivity contribution is 5.82. The van der Waals surface area contributed by atoms with Crippen molar-refractivity contribution in [1.82, 2.24) is 4.98 Å². The quantitative estimate of drug-likeness (QED) is 0.440. The molecule has 3 heteroatoms. The van der Waals surface area contributed by atoms with E-state index in [1.54, 1.807) is 0 Å². The molecule has 18 heavy (non-hydrogen) atoms. The minimum absolute atomic E-state index is 0. The van der Waals surface area contributed by atoms with Gasteiger partial charge in [0.15, 0.2) is 0 Å². The summed E-state index contributed by atoms with van der Waals surface area (Å²) in [5.74, 6) is 0. The zero-order chi connectivity index (χ0) is 12.3. The van der Waals surface area contributed by atoms with Crippen LogP contribution in [0.4, 0.5) is 0 Å². The summed E-state index contributed by atoms with van der Waals surface area (Å²) >= 11 is 0. The maximum Gasteiger partial charge on any atom is 0.0967 e.